The van der Waals surface area contributed by atoms with Crippen molar-refractivity contribution in [1.82, 2.24) is 20.2 Å². The Morgan fingerprint density at radius 2 is 2.00 bits per heavy atom. The van der Waals surface area contributed by atoms with E-state index in [9.17, 15) is 0 Å². The fraction of sp³-hybridized carbons (Fsp3) is 0.133. The lowest BCUT2D eigenvalue weighted by Crippen LogP contribution is -1.97. The Kier molecular flexibility index (Phi) is 3.27. The molecule has 0 saturated heterocycles. The zero-order chi connectivity index (χ0) is 14.8. The number of benzene rings is 1. The molecular formula is C15H16N6. The lowest BCUT2D eigenvalue weighted by Gasteiger charge is -2.12. The number of hydrogen-bond donors (Lipinski definition) is 3. The molecule has 0 amide bonds. The molecule has 0 bridgehead atoms. The summed E-state index contributed by atoms with van der Waals surface area (Å²) in [5.74, 6) is 0.835. The quantitative estimate of drug-likeness (QED) is 0.686. The van der Waals surface area contributed by atoms with E-state index in [1.165, 1.54) is 11.1 Å². The van der Waals surface area contributed by atoms with E-state index < -0.39 is 0 Å². The number of nitrogens with zero attached hydrogens (tertiary/aromatic N) is 3. The van der Waals surface area contributed by atoms with E-state index in [1.54, 1.807) is 12.4 Å². The van der Waals surface area contributed by atoms with Crippen LogP contribution in [0.2, 0.25) is 0 Å². The van der Waals surface area contributed by atoms with Crippen LogP contribution in [0, 0.1) is 13.8 Å². The maximum Gasteiger partial charge on any atom is 0.239 e. The van der Waals surface area contributed by atoms with Gasteiger partial charge in [-0.3, -0.25) is 10.1 Å². The third-order valence-electron chi connectivity index (χ3n) is 3.23. The molecule has 21 heavy (non-hydrogen) atoms. The van der Waals surface area contributed by atoms with Crippen LogP contribution in [-0.2, 0) is 0 Å². The summed E-state index contributed by atoms with van der Waals surface area (Å²) in [6, 6.07) is 8.12. The van der Waals surface area contributed by atoms with Crippen LogP contribution in [0.1, 0.15) is 11.1 Å². The first-order valence-corrected chi connectivity index (χ1v) is 6.60. The molecule has 1 aromatic carbocycles. The van der Waals surface area contributed by atoms with Crippen molar-refractivity contribution in [1.29, 1.82) is 0 Å². The lowest BCUT2D eigenvalue weighted by atomic mass is 10.1. The summed E-state index contributed by atoms with van der Waals surface area (Å²) >= 11 is 0. The predicted molar refractivity (Wildman–Crippen MR) is 83.2 cm³/mol. The van der Waals surface area contributed by atoms with E-state index in [0.717, 1.165) is 16.9 Å². The smallest absolute Gasteiger partial charge is 0.239 e. The number of anilines is 3. The minimum absolute atomic E-state index is 0.222. The van der Waals surface area contributed by atoms with Crippen molar-refractivity contribution in [3.63, 3.8) is 0 Å². The number of H-pyrrole nitrogens is 1. The number of nitrogen functional groups attached to an aromatic ring is 1. The highest BCUT2D eigenvalue weighted by Crippen LogP contribution is 2.28. The molecule has 0 saturated carbocycles. The minimum atomic E-state index is 0.222. The molecule has 0 radical (unpaired) electrons. The maximum absolute atomic E-state index is 5.57. The Balaban J connectivity index is 1.99. The van der Waals surface area contributed by atoms with Crippen LogP contribution < -0.4 is 11.1 Å². The molecular weight excluding hydrogens is 264 g/mol. The van der Waals surface area contributed by atoms with Gasteiger partial charge in [0.1, 0.15) is 0 Å². The Bertz CT molecular complexity index is 777. The van der Waals surface area contributed by atoms with Crippen molar-refractivity contribution in [3.8, 4) is 11.4 Å². The fourth-order valence-corrected chi connectivity index (χ4v) is 2.19. The molecule has 0 aliphatic rings. The minimum Gasteiger partial charge on any atom is -0.366 e. The Morgan fingerprint density at radius 1 is 1.14 bits per heavy atom. The van der Waals surface area contributed by atoms with Crippen molar-refractivity contribution in [2.24, 2.45) is 0 Å². The molecule has 2 heterocycles. The average molecular weight is 280 g/mol. The Hall–Kier alpha value is -2.89. The second-order valence-electron chi connectivity index (χ2n) is 4.91. The van der Waals surface area contributed by atoms with Crippen molar-refractivity contribution in [3.05, 3.63) is 47.8 Å². The first-order chi connectivity index (χ1) is 10.1. The first-order valence-electron chi connectivity index (χ1n) is 6.60. The van der Waals surface area contributed by atoms with Crippen LogP contribution in [0.4, 0.5) is 17.3 Å². The highest BCUT2D eigenvalue weighted by molar-refractivity contribution is 5.77. The van der Waals surface area contributed by atoms with Crippen LogP contribution in [0.5, 0.6) is 0 Å². The predicted octanol–water partition coefficient (Wildman–Crippen LogP) is 2.81. The summed E-state index contributed by atoms with van der Waals surface area (Å²) in [4.78, 5) is 8.33. The van der Waals surface area contributed by atoms with E-state index >= 15 is 0 Å². The van der Waals surface area contributed by atoms with Gasteiger partial charge >= 0.3 is 0 Å². The van der Waals surface area contributed by atoms with Gasteiger partial charge in [-0.25, -0.2) is 0 Å². The van der Waals surface area contributed by atoms with Crippen molar-refractivity contribution in [2.75, 3.05) is 11.1 Å². The number of rotatable bonds is 3. The SMILES string of the molecule is Cc1ccc(Nc2cnccc2-c2nc(N)n[nH]2)c(C)c1. The van der Waals surface area contributed by atoms with Gasteiger partial charge in [-0.2, -0.15) is 4.98 Å². The van der Waals surface area contributed by atoms with E-state index in [-0.39, 0.29) is 5.95 Å². The average Bonchev–Trinajstić information content (AvgIpc) is 2.89. The van der Waals surface area contributed by atoms with Crippen molar-refractivity contribution >= 4 is 17.3 Å². The summed E-state index contributed by atoms with van der Waals surface area (Å²) < 4.78 is 0. The Labute approximate surface area is 122 Å². The molecule has 2 aromatic heterocycles. The number of aryl methyl sites for hydroxylation is 2. The number of hydrogen-bond acceptors (Lipinski definition) is 5. The second kappa shape index (κ2) is 5.24. The molecule has 4 N–H and O–H groups in total. The maximum atomic E-state index is 5.57. The van der Waals surface area contributed by atoms with Gasteiger partial charge in [0.15, 0.2) is 5.82 Å². The van der Waals surface area contributed by atoms with E-state index in [0.29, 0.717) is 5.82 Å². The van der Waals surface area contributed by atoms with Gasteiger partial charge < -0.3 is 11.1 Å². The molecule has 6 nitrogen and oxygen atoms in total. The molecule has 6 heteroatoms. The molecule has 106 valence electrons. The van der Waals surface area contributed by atoms with Crippen LogP contribution in [0.15, 0.2) is 36.7 Å². The van der Waals surface area contributed by atoms with Crippen molar-refractivity contribution < 1.29 is 0 Å². The van der Waals surface area contributed by atoms with E-state index in [1.807, 2.05) is 6.07 Å². The van der Waals surface area contributed by atoms with Crippen LogP contribution in [0.25, 0.3) is 11.4 Å². The fourth-order valence-electron chi connectivity index (χ4n) is 2.19. The normalized spacial score (nSPS) is 10.6. The molecule has 3 aromatic rings. The Morgan fingerprint density at radius 3 is 2.71 bits per heavy atom. The van der Waals surface area contributed by atoms with Gasteiger partial charge in [0, 0.05) is 17.4 Å². The third kappa shape index (κ3) is 2.69. The second-order valence-corrected chi connectivity index (χ2v) is 4.91. The largest absolute Gasteiger partial charge is 0.366 e. The van der Waals surface area contributed by atoms with Gasteiger partial charge in [0.25, 0.3) is 0 Å². The lowest BCUT2D eigenvalue weighted by molar-refractivity contribution is 1.10. The van der Waals surface area contributed by atoms with Crippen LogP contribution in [-0.4, -0.2) is 20.2 Å². The summed E-state index contributed by atoms with van der Waals surface area (Å²) in [6.07, 6.45) is 3.47. The topological polar surface area (TPSA) is 92.5 Å². The molecule has 0 aliphatic carbocycles. The molecule has 0 aliphatic heterocycles. The van der Waals surface area contributed by atoms with Crippen LogP contribution >= 0.6 is 0 Å². The molecule has 0 spiro atoms. The van der Waals surface area contributed by atoms with Gasteiger partial charge in [-0.15, -0.1) is 5.10 Å². The zero-order valence-electron chi connectivity index (χ0n) is 11.9. The summed E-state index contributed by atoms with van der Waals surface area (Å²) in [5, 5.41) is 10.1. The van der Waals surface area contributed by atoms with E-state index in [2.05, 4.69) is 57.5 Å². The van der Waals surface area contributed by atoms with Gasteiger partial charge in [0.05, 0.1) is 11.9 Å². The standard InChI is InChI=1S/C15H16N6/c1-9-3-4-12(10(2)7-9)18-13-8-17-6-5-11(13)14-19-15(16)21-20-14/h3-8,18H,1-2H3,(H3,16,19,20,21). The molecule has 0 atom stereocenters. The van der Waals surface area contributed by atoms with Crippen molar-refractivity contribution in [2.45, 2.75) is 13.8 Å². The number of pyridine rings is 1. The number of aromatic nitrogens is 4. The zero-order valence-corrected chi connectivity index (χ0v) is 11.9. The van der Waals surface area contributed by atoms with Gasteiger partial charge in [0.2, 0.25) is 5.95 Å². The van der Waals surface area contributed by atoms with E-state index in [4.69, 9.17) is 5.73 Å². The third-order valence-corrected chi connectivity index (χ3v) is 3.23. The summed E-state index contributed by atoms with van der Waals surface area (Å²) in [5.41, 5.74) is 10.7. The monoisotopic (exact) mass is 280 g/mol. The van der Waals surface area contributed by atoms with Gasteiger partial charge in [-0.05, 0) is 31.5 Å². The number of aromatic amines is 1. The number of nitrogens with one attached hydrogen (secondary N) is 2. The highest BCUT2D eigenvalue weighted by Gasteiger charge is 2.10. The summed E-state index contributed by atoms with van der Waals surface area (Å²) in [7, 11) is 0. The molecule has 0 fully saturated rings. The highest BCUT2D eigenvalue weighted by atomic mass is 15.3. The first kappa shape index (κ1) is 13.1. The molecule has 3 rings (SSSR count). The summed E-state index contributed by atoms with van der Waals surface area (Å²) in [6.45, 7) is 4.14. The van der Waals surface area contributed by atoms with Gasteiger partial charge in [-0.1, -0.05) is 17.7 Å². The number of nitrogens with two attached hydrogens (primary N) is 1. The molecule has 0 unspecified atom stereocenters. The van der Waals surface area contributed by atoms with Crippen LogP contribution in [0.3, 0.4) is 0 Å².